The number of hydrogen-bond acceptors (Lipinski definition) is 2. The first-order valence-corrected chi connectivity index (χ1v) is 3.52. The van der Waals surface area contributed by atoms with Crippen LogP contribution < -0.4 is 5.73 Å². The average Bonchev–Trinajstić information content (AvgIpc) is 2.06. The summed E-state index contributed by atoms with van der Waals surface area (Å²) in [5, 5.41) is 9.08. The molecule has 0 aliphatic heterocycles. The molecule has 0 heterocycles. The monoisotopic (exact) mass is 253 g/mol. The standard InChI is InChI=1S/C8H9F2NO.BrH/c9-6-1-2-7(12)5(3-4-11)8(6)10;/h1-2,12H,3-4,11H2;1H. The van der Waals surface area contributed by atoms with Crippen molar-refractivity contribution in [2.24, 2.45) is 5.73 Å². The minimum atomic E-state index is -1.01. The molecule has 1 rings (SSSR count). The third-order valence-electron chi connectivity index (χ3n) is 1.57. The number of halogens is 3. The molecular formula is C8H10BrF2NO. The Kier molecular flexibility index (Phi) is 4.87. The van der Waals surface area contributed by atoms with E-state index in [0.29, 0.717) is 0 Å². The molecule has 0 fully saturated rings. The highest BCUT2D eigenvalue weighted by atomic mass is 79.9. The number of phenols is 1. The van der Waals surface area contributed by atoms with Crippen LogP contribution >= 0.6 is 17.0 Å². The van der Waals surface area contributed by atoms with Gasteiger partial charge in [-0.2, -0.15) is 0 Å². The lowest BCUT2D eigenvalue weighted by Gasteiger charge is -2.04. The Bertz CT molecular complexity index is 294. The van der Waals surface area contributed by atoms with E-state index in [2.05, 4.69) is 0 Å². The van der Waals surface area contributed by atoms with Gasteiger partial charge in [-0.1, -0.05) is 0 Å². The van der Waals surface area contributed by atoms with Crippen LogP contribution in [0.1, 0.15) is 5.56 Å². The maximum Gasteiger partial charge on any atom is 0.165 e. The van der Waals surface area contributed by atoms with E-state index in [-0.39, 0.29) is 41.3 Å². The molecule has 13 heavy (non-hydrogen) atoms. The molecule has 5 heteroatoms. The lowest BCUT2D eigenvalue weighted by Crippen LogP contribution is -2.05. The maximum absolute atomic E-state index is 12.9. The van der Waals surface area contributed by atoms with Gasteiger partial charge in [-0.3, -0.25) is 0 Å². The van der Waals surface area contributed by atoms with Gasteiger partial charge in [0, 0.05) is 5.56 Å². The van der Waals surface area contributed by atoms with Crippen molar-refractivity contribution in [3.8, 4) is 5.75 Å². The molecule has 0 aliphatic carbocycles. The second-order valence-corrected chi connectivity index (χ2v) is 2.40. The van der Waals surface area contributed by atoms with Gasteiger partial charge in [0.25, 0.3) is 0 Å². The lowest BCUT2D eigenvalue weighted by atomic mass is 10.1. The van der Waals surface area contributed by atoms with Crippen molar-refractivity contribution in [3.05, 3.63) is 29.3 Å². The number of phenolic OH excluding ortho intramolecular Hbond substituents is 1. The van der Waals surface area contributed by atoms with Gasteiger partial charge in [0.15, 0.2) is 11.6 Å². The molecular weight excluding hydrogens is 244 g/mol. The van der Waals surface area contributed by atoms with Crippen molar-refractivity contribution in [2.45, 2.75) is 6.42 Å². The van der Waals surface area contributed by atoms with E-state index in [4.69, 9.17) is 10.8 Å². The van der Waals surface area contributed by atoms with Gasteiger partial charge in [0.05, 0.1) is 0 Å². The Labute approximate surface area is 85.1 Å². The van der Waals surface area contributed by atoms with Gasteiger partial charge in [-0.05, 0) is 25.1 Å². The predicted octanol–water partition coefficient (Wildman–Crippen LogP) is 1.75. The second-order valence-electron chi connectivity index (χ2n) is 2.40. The maximum atomic E-state index is 12.9. The zero-order valence-electron chi connectivity index (χ0n) is 6.76. The third-order valence-corrected chi connectivity index (χ3v) is 1.57. The van der Waals surface area contributed by atoms with Gasteiger partial charge in [-0.25, -0.2) is 8.78 Å². The summed E-state index contributed by atoms with van der Waals surface area (Å²) < 4.78 is 25.4. The van der Waals surface area contributed by atoms with E-state index in [1.807, 2.05) is 0 Å². The summed E-state index contributed by atoms with van der Waals surface area (Å²) in [6.45, 7) is 0.175. The van der Waals surface area contributed by atoms with E-state index in [9.17, 15) is 8.78 Å². The van der Waals surface area contributed by atoms with Crippen LogP contribution in [-0.2, 0) is 6.42 Å². The first kappa shape index (κ1) is 12.3. The predicted molar refractivity (Wildman–Crippen MR) is 51.1 cm³/mol. The molecule has 0 radical (unpaired) electrons. The molecule has 0 saturated carbocycles. The molecule has 0 saturated heterocycles. The van der Waals surface area contributed by atoms with E-state index >= 15 is 0 Å². The smallest absolute Gasteiger partial charge is 0.165 e. The minimum Gasteiger partial charge on any atom is -0.508 e. The van der Waals surface area contributed by atoms with Crippen molar-refractivity contribution >= 4 is 17.0 Å². The van der Waals surface area contributed by atoms with Crippen LogP contribution in [0.4, 0.5) is 8.78 Å². The van der Waals surface area contributed by atoms with Crippen molar-refractivity contribution in [2.75, 3.05) is 6.54 Å². The Hall–Kier alpha value is -0.680. The number of nitrogens with two attached hydrogens (primary N) is 1. The average molecular weight is 254 g/mol. The summed E-state index contributed by atoms with van der Waals surface area (Å²) in [5.41, 5.74) is 5.09. The summed E-state index contributed by atoms with van der Waals surface area (Å²) >= 11 is 0. The van der Waals surface area contributed by atoms with Crippen molar-refractivity contribution in [3.63, 3.8) is 0 Å². The van der Waals surface area contributed by atoms with Crippen molar-refractivity contribution in [1.82, 2.24) is 0 Å². The van der Waals surface area contributed by atoms with Gasteiger partial charge in [0.2, 0.25) is 0 Å². The van der Waals surface area contributed by atoms with Crippen LogP contribution in [0, 0.1) is 11.6 Å². The molecule has 0 atom stereocenters. The molecule has 74 valence electrons. The Morgan fingerprint density at radius 2 is 1.92 bits per heavy atom. The number of benzene rings is 1. The molecule has 0 aliphatic rings. The minimum absolute atomic E-state index is 0. The summed E-state index contributed by atoms with van der Waals surface area (Å²) in [5.74, 6) is -2.23. The number of rotatable bonds is 2. The molecule has 0 amide bonds. The largest absolute Gasteiger partial charge is 0.508 e. The molecule has 1 aromatic rings. The second kappa shape index (κ2) is 5.14. The third kappa shape index (κ3) is 2.63. The Morgan fingerprint density at radius 3 is 2.46 bits per heavy atom. The summed E-state index contributed by atoms with van der Waals surface area (Å²) in [7, 11) is 0. The van der Waals surface area contributed by atoms with Crippen molar-refractivity contribution in [1.29, 1.82) is 0 Å². The molecule has 1 aromatic carbocycles. The Balaban J connectivity index is 0.00000144. The van der Waals surface area contributed by atoms with E-state index < -0.39 is 11.6 Å². The van der Waals surface area contributed by atoms with Gasteiger partial charge in [-0.15, -0.1) is 17.0 Å². The molecule has 0 unspecified atom stereocenters. The normalized spacial score (nSPS) is 9.46. The van der Waals surface area contributed by atoms with Crippen LogP contribution in [0.3, 0.4) is 0 Å². The SMILES string of the molecule is Br.NCCc1c(O)ccc(F)c1F. The summed E-state index contributed by atoms with van der Waals surface area (Å²) in [6, 6.07) is 1.99. The molecule has 0 aromatic heterocycles. The topological polar surface area (TPSA) is 46.2 Å². The van der Waals surface area contributed by atoms with Gasteiger partial charge >= 0.3 is 0 Å². The van der Waals surface area contributed by atoms with Crippen LogP contribution in [0.5, 0.6) is 5.75 Å². The van der Waals surface area contributed by atoms with Crippen molar-refractivity contribution < 1.29 is 13.9 Å². The number of aromatic hydroxyl groups is 1. The van der Waals surface area contributed by atoms with E-state index in [0.717, 1.165) is 12.1 Å². The zero-order chi connectivity index (χ0) is 9.14. The summed E-state index contributed by atoms with van der Waals surface area (Å²) in [6.07, 6.45) is 0.134. The quantitative estimate of drug-likeness (QED) is 0.844. The number of hydrogen-bond donors (Lipinski definition) is 2. The zero-order valence-corrected chi connectivity index (χ0v) is 8.47. The molecule has 0 spiro atoms. The van der Waals surface area contributed by atoms with Crippen LogP contribution in [0.2, 0.25) is 0 Å². The highest BCUT2D eigenvalue weighted by molar-refractivity contribution is 8.93. The van der Waals surface area contributed by atoms with Crippen LogP contribution in [-0.4, -0.2) is 11.7 Å². The fourth-order valence-corrected chi connectivity index (χ4v) is 0.965. The Morgan fingerprint density at radius 1 is 1.31 bits per heavy atom. The molecule has 0 bridgehead atoms. The fraction of sp³-hybridized carbons (Fsp3) is 0.250. The van der Waals surface area contributed by atoms with E-state index in [1.165, 1.54) is 0 Å². The highest BCUT2D eigenvalue weighted by Crippen LogP contribution is 2.22. The van der Waals surface area contributed by atoms with Gasteiger partial charge in [0.1, 0.15) is 5.75 Å². The first-order valence-electron chi connectivity index (χ1n) is 3.52. The molecule has 3 N–H and O–H groups in total. The van der Waals surface area contributed by atoms with Crippen LogP contribution in [0.15, 0.2) is 12.1 Å². The first-order chi connectivity index (χ1) is 5.66. The molecule has 2 nitrogen and oxygen atoms in total. The van der Waals surface area contributed by atoms with E-state index in [1.54, 1.807) is 0 Å². The van der Waals surface area contributed by atoms with Gasteiger partial charge < -0.3 is 10.8 Å². The fourth-order valence-electron chi connectivity index (χ4n) is 0.965. The highest BCUT2D eigenvalue weighted by Gasteiger charge is 2.11. The van der Waals surface area contributed by atoms with Crippen LogP contribution in [0.25, 0.3) is 0 Å². The summed E-state index contributed by atoms with van der Waals surface area (Å²) in [4.78, 5) is 0. The lowest BCUT2D eigenvalue weighted by molar-refractivity contribution is 0.442.